The number of nitrogens with one attached hydrogen (secondary N) is 2. The summed E-state index contributed by atoms with van der Waals surface area (Å²) in [4.78, 5) is 6.49. The van der Waals surface area contributed by atoms with Crippen molar-refractivity contribution in [1.29, 1.82) is 0 Å². The number of aromatic nitrogens is 6. The number of nitrogens with two attached hydrogens (primary N) is 2. The summed E-state index contributed by atoms with van der Waals surface area (Å²) in [5.74, 6) is 0.0387. The van der Waals surface area contributed by atoms with Crippen LogP contribution < -0.4 is 10.9 Å². The number of tetrazole rings is 1. The number of sulfone groups is 1. The molecule has 2 aromatic heterocycles. The van der Waals surface area contributed by atoms with Gasteiger partial charge in [0.2, 0.25) is 15.8 Å². The highest BCUT2D eigenvalue weighted by Crippen LogP contribution is 2.40. The molecule has 2 aromatic carbocycles. The number of rotatable bonds is 6. The molecule has 4 aromatic rings. The van der Waals surface area contributed by atoms with Gasteiger partial charge in [-0.3, -0.25) is 0 Å². The number of aryl methyl sites for hydroxylation is 1. The average Bonchev–Trinajstić information content (AvgIpc) is 3.33. The van der Waals surface area contributed by atoms with Gasteiger partial charge in [0.05, 0.1) is 27.2 Å². The van der Waals surface area contributed by atoms with Gasteiger partial charge in [-0.15, -0.1) is 10.2 Å². The smallest absolute Gasteiger partial charge is 0.240 e. The van der Waals surface area contributed by atoms with E-state index < -0.39 is 41.4 Å². The molecule has 0 aliphatic carbocycles. The minimum absolute atomic E-state index is 0.0971. The molecule has 0 bridgehead atoms. The molecule has 14 heteroatoms. The van der Waals surface area contributed by atoms with E-state index in [1.807, 2.05) is 6.07 Å². The molecule has 1 atom stereocenters. The molecule has 12 nitrogen and oxygen atoms in total. The van der Waals surface area contributed by atoms with Crippen LogP contribution in [0, 0.1) is 6.92 Å². The van der Waals surface area contributed by atoms with Crippen LogP contribution in [0.15, 0.2) is 40.1 Å². The highest BCUT2D eigenvalue weighted by molar-refractivity contribution is 7.93. The zero-order valence-corrected chi connectivity index (χ0v) is 18.7. The molecule has 0 spiro atoms. The fourth-order valence-corrected chi connectivity index (χ4v) is 6.71. The van der Waals surface area contributed by atoms with Crippen LogP contribution in [-0.4, -0.2) is 59.2 Å². The predicted molar refractivity (Wildman–Crippen MR) is 117 cm³/mol. The zero-order valence-electron chi connectivity index (χ0n) is 17.1. The number of aromatic amines is 2. The predicted octanol–water partition coefficient (Wildman–Crippen LogP) is 0.487. The number of H-pyrrole nitrogens is 2. The number of nitrogens with zero attached hydrogens (tertiary/aromatic N) is 4. The van der Waals surface area contributed by atoms with E-state index in [0.29, 0.717) is 28.0 Å². The second-order valence-electron chi connectivity index (χ2n) is 7.38. The Hall–Kier alpha value is -3.20. The monoisotopic (exact) mass is 476 g/mol. The molecule has 0 fully saturated rings. The lowest BCUT2D eigenvalue weighted by Crippen LogP contribution is -2.28. The van der Waals surface area contributed by atoms with E-state index in [9.17, 15) is 16.8 Å². The van der Waals surface area contributed by atoms with Gasteiger partial charge in [-0.25, -0.2) is 27.0 Å². The Kier molecular flexibility index (Phi) is 5.32. The van der Waals surface area contributed by atoms with Crippen molar-refractivity contribution in [3.8, 4) is 22.5 Å². The third-order valence-corrected chi connectivity index (χ3v) is 7.81. The Labute approximate surface area is 183 Å². The lowest BCUT2D eigenvalue weighted by molar-refractivity contribution is 0.580. The molecule has 0 aliphatic heterocycles. The minimum Gasteiger partial charge on any atom is -0.342 e. The van der Waals surface area contributed by atoms with Crippen LogP contribution in [0.1, 0.15) is 12.7 Å². The number of fused-ring (bicyclic) bond motifs is 1. The molecule has 0 saturated carbocycles. The normalized spacial score (nSPS) is 13.5. The first-order chi connectivity index (χ1) is 15.0. The summed E-state index contributed by atoms with van der Waals surface area (Å²) in [7, 11) is -8.67. The molecule has 0 radical (unpaired) electrons. The van der Waals surface area contributed by atoms with Gasteiger partial charge in [-0.05, 0) is 36.8 Å². The minimum atomic E-state index is -4.56. The summed E-state index contributed by atoms with van der Waals surface area (Å²) in [5.41, 5.74) is 7.72. The first kappa shape index (κ1) is 22.0. The maximum Gasteiger partial charge on any atom is 0.240 e. The second-order valence-corrected chi connectivity index (χ2v) is 10.9. The van der Waals surface area contributed by atoms with Crippen LogP contribution in [-0.2, 0) is 19.9 Å². The summed E-state index contributed by atoms with van der Waals surface area (Å²) < 4.78 is 51.5. The fraction of sp³-hybridized carbons (Fsp3) is 0.222. The van der Waals surface area contributed by atoms with Crippen molar-refractivity contribution in [2.75, 3.05) is 5.75 Å². The van der Waals surface area contributed by atoms with E-state index in [1.54, 1.807) is 19.1 Å². The molecule has 168 valence electrons. The second kappa shape index (κ2) is 7.74. The number of hydrogen-bond donors (Lipinski definition) is 4. The number of hydrogen-bond acceptors (Lipinski definition) is 9. The van der Waals surface area contributed by atoms with Gasteiger partial charge in [0.1, 0.15) is 10.7 Å². The van der Waals surface area contributed by atoms with E-state index in [2.05, 4.69) is 30.6 Å². The van der Waals surface area contributed by atoms with Gasteiger partial charge in [0.15, 0.2) is 9.84 Å². The van der Waals surface area contributed by atoms with Crippen molar-refractivity contribution in [3.63, 3.8) is 0 Å². The Morgan fingerprint density at radius 1 is 1.09 bits per heavy atom. The number of benzene rings is 2. The first-order valence-corrected chi connectivity index (χ1v) is 12.6. The molecule has 32 heavy (non-hydrogen) atoms. The third kappa shape index (κ3) is 3.88. The van der Waals surface area contributed by atoms with Gasteiger partial charge in [0.25, 0.3) is 0 Å². The van der Waals surface area contributed by atoms with Crippen molar-refractivity contribution >= 4 is 30.9 Å². The molecule has 6 N–H and O–H groups in total. The van der Waals surface area contributed by atoms with Gasteiger partial charge < -0.3 is 10.7 Å². The summed E-state index contributed by atoms with van der Waals surface area (Å²) in [6.07, 6.45) is 0. The molecule has 0 saturated heterocycles. The maximum absolute atomic E-state index is 13.0. The van der Waals surface area contributed by atoms with Crippen LogP contribution >= 0.6 is 0 Å². The van der Waals surface area contributed by atoms with E-state index in [1.165, 1.54) is 19.1 Å². The first-order valence-electron chi connectivity index (χ1n) is 9.36. The van der Waals surface area contributed by atoms with Crippen LogP contribution in [0.3, 0.4) is 0 Å². The topological polar surface area (TPSA) is 203 Å². The molecule has 0 unspecified atom stereocenters. The molecular weight excluding hydrogens is 456 g/mol. The van der Waals surface area contributed by atoms with E-state index in [0.717, 1.165) is 0 Å². The Balaban J connectivity index is 2.16. The van der Waals surface area contributed by atoms with Crippen LogP contribution in [0.5, 0.6) is 0 Å². The van der Waals surface area contributed by atoms with Gasteiger partial charge in [0, 0.05) is 11.6 Å². The van der Waals surface area contributed by atoms with Crippen LogP contribution in [0.4, 0.5) is 0 Å². The highest BCUT2D eigenvalue weighted by Gasteiger charge is 2.32. The van der Waals surface area contributed by atoms with E-state index in [-0.39, 0.29) is 11.4 Å². The molecule has 0 amide bonds. The molecule has 2 heterocycles. The van der Waals surface area contributed by atoms with Crippen LogP contribution in [0.2, 0.25) is 0 Å². The van der Waals surface area contributed by atoms with Crippen LogP contribution in [0.25, 0.3) is 33.5 Å². The average molecular weight is 477 g/mol. The molecular formula is C18H20N8O4S2. The Bertz CT molecular complexity index is 1520. The summed E-state index contributed by atoms with van der Waals surface area (Å²) in [6, 6.07) is 7.25. The fourth-order valence-electron chi connectivity index (χ4n) is 3.61. The number of imidazole rings is 1. The van der Waals surface area contributed by atoms with Crippen molar-refractivity contribution < 1.29 is 16.8 Å². The van der Waals surface area contributed by atoms with Gasteiger partial charge >= 0.3 is 0 Å². The zero-order chi connectivity index (χ0) is 23.3. The Morgan fingerprint density at radius 2 is 1.84 bits per heavy atom. The summed E-state index contributed by atoms with van der Waals surface area (Å²) >= 11 is 0. The van der Waals surface area contributed by atoms with Crippen molar-refractivity contribution in [3.05, 3.63) is 36.2 Å². The SMILES string of the molecule is Cc1nc2c(-c3ccc(S(=O)(=O)C[C@H](C)N)c(S(N)(=O)=O)c3-c3nn[nH]n3)cccc2[nH]1. The molecule has 0 aliphatic rings. The lowest BCUT2D eigenvalue weighted by Gasteiger charge is -2.17. The molecule has 4 rings (SSSR count). The Morgan fingerprint density at radius 3 is 2.47 bits per heavy atom. The largest absolute Gasteiger partial charge is 0.342 e. The standard InChI is InChI=1S/C18H20N8O4S2/c1-9(19)8-31(27,28)14-7-6-11(12-4-3-5-13-16(12)22-10(2)21-13)15(17(14)32(20,29)30)18-23-25-26-24-18/h3-7,9H,8,19H2,1-2H3,(H,21,22)(H2,20,29,30)(H,23,24,25,26)/t9-/m0/s1. The van der Waals surface area contributed by atoms with E-state index in [4.69, 9.17) is 10.9 Å². The highest BCUT2D eigenvalue weighted by atomic mass is 32.2. The summed E-state index contributed by atoms with van der Waals surface area (Å²) in [5, 5.41) is 19.1. The van der Waals surface area contributed by atoms with Crippen molar-refractivity contribution in [1.82, 2.24) is 30.6 Å². The summed E-state index contributed by atoms with van der Waals surface area (Å²) in [6.45, 7) is 3.28. The lowest BCUT2D eigenvalue weighted by atomic mass is 9.98. The number of primary sulfonamides is 1. The van der Waals surface area contributed by atoms with Gasteiger partial charge in [-0.2, -0.15) is 5.21 Å². The van der Waals surface area contributed by atoms with Crippen molar-refractivity contribution in [2.45, 2.75) is 29.7 Å². The van der Waals surface area contributed by atoms with Gasteiger partial charge in [-0.1, -0.05) is 18.2 Å². The quantitative estimate of drug-likeness (QED) is 0.305. The third-order valence-electron chi connectivity index (χ3n) is 4.71. The maximum atomic E-state index is 13.0. The number of sulfonamides is 1. The van der Waals surface area contributed by atoms with Crippen molar-refractivity contribution in [2.24, 2.45) is 10.9 Å². The van der Waals surface area contributed by atoms with E-state index >= 15 is 0 Å². The number of para-hydroxylation sites is 1.